The van der Waals surface area contributed by atoms with Crippen molar-refractivity contribution in [1.82, 2.24) is 10.6 Å². The molecular weight excluding hydrogens is 304 g/mol. The molecule has 0 bridgehead atoms. The summed E-state index contributed by atoms with van der Waals surface area (Å²) in [5, 5.41) is 6.37. The molecular formula is C15H16N2O4S. The molecule has 1 aliphatic heterocycles. The quantitative estimate of drug-likeness (QED) is 0.644. The molecule has 2 rings (SSSR count). The minimum Gasteiger partial charge on any atom is -0.466 e. The van der Waals surface area contributed by atoms with Crippen molar-refractivity contribution >= 4 is 29.3 Å². The fourth-order valence-corrected chi connectivity index (χ4v) is 2.52. The van der Waals surface area contributed by atoms with Gasteiger partial charge in [0.2, 0.25) is 0 Å². The van der Waals surface area contributed by atoms with Gasteiger partial charge in [-0.05, 0) is 36.8 Å². The van der Waals surface area contributed by atoms with Crippen molar-refractivity contribution in [1.29, 1.82) is 0 Å². The second kappa shape index (κ2) is 6.57. The lowest BCUT2D eigenvalue weighted by Gasteiger charge is -2.29. The minimum atomic E-state index is -0.443. The largest absolute Gasteiger partial charge is 0.466 e. The third-order valence-electron chi connectivity index (χ3n) is 3.34. The van der Waals surface area contributed by atoms with E-state index < -0.39 is 18.0 Å². The highest BCUT2D eigenvalue weighted by molar-refractivity contribution is 7.80. The SMILES string of the molecule is COC(=O)C1=C(C)NC(=S)NC1c1ccc(C(=O)OC)cc1. The Hall–Kier alpha value is -2.41. The van der Waals surface area contributed by atoms with Gasteiger partial charge in [0.15, 0.2) is 5.11 Å². The van der Waals surface area contributed by atoms with Crippen molar-refractivity contribution in [3.8, 4) is 0 Å². The van der Waals surface area contributed by atoms with E-state index in [1.807, 2.05) is 0 Å². The molecule has 2 N–H and O–H groups in total. The number of rotatable bonds is 3. The van der Waals surface area contributed by atoms with Crippen LogP contribution in [-0.2, 0) is 14.3 Å². The van der Waals surface area contributed by atoms with E-state index in [1.165, 1.54) is 14.2 Å². The highest BCUT2D eigenvalue weighted by Crippen LogP contribution is 2.27. The van der Waals surface area contributed by atoms with E-state index in [4.69, 9.17) is 17.0 Å². The van der Waals surface area contributed by atoms with Gasteiger partial charge in [-0.25, -0.2) is 9.59 Å². The number of allylic oxidation sites excluding steroid dienone is 1. The molecule has 1 aliphatic rings. The summed E-state index contributed by atoms with van der Waals surface area (Å²) >= 11 is 5.14. The average molecular weight is 320 g/mol. The number of carbonyl (C=O) groups is 2. The van der Waals surface area contributed by atoms with Crippen LogP contribution in [0.15, 0.2) is 35.5 Å². The lowest BCUT2D eigenvalue weighted by molar-refractivity contribution is -0.136. The Labute approximate surface area is 133 Å². The average Bonchev–Trinajstić information content (AvgIpc) is 2.53. The molecule has 0 saturated heterocycles. The van der Waals surface area contributed by atoms with Gasteiger partial charge in [0, 0.05) is 5.70 Å². The Balaban J connectivity index is 2.40. The fourth-order valence-electron chi connectivity index (χ4n) is 2.25. The van der Waals surface area contributed by atoms with E-state index in [9.17, 15) is 9.59 Å². The number of thiocarbonyl (C=S) groups is 1. The number of ether oxygens (including phenoxy) is 2. The maximum absolute atomic E-state index is 12.0. The molecule has 1 unspecified atom stereocenters. The summed E-state index contributed by atoms with van der Waals surface area (Å²) in [6, 6.07) is 6.33. The summed E-state index contributed by atoms with van der Waals surface area (Å²) in [6.07, 6.45) is 0. The van der Waals surface area contributed by atoms with Gasteiger partial charge in [-0.3, -0.25) is 0 Å². The summed E-state index contributed by atoms with van der Waals surface area (Å²) in [7, 11) is 2.65. The Bertz CT molecular complexity index is 652. The summed E-state index contributed by atoms with van der Waals surface area (Å²) < 4.78 is 9.50. The maximum atomic E-state index is 12.0. The molecule has 6 nitrogen and oxygen atoms in total. The number of hydrogen-bond donors (Lipinski definition) is 2. The zero-order valence-corrected chi connectivity index (χ0v) is 13.2. The van der Waals surface area contributed by atoms with Gasteiger partial charge < -0.3 is 20.1 Å². The Morgan fingerprint density at radius 3 is 2.23 bits per heavy atom. The number of esters is 2. The molecule has 1 aromatic carbocycles. The second-order valence-corrected chi connectivity index (χ2v) is 5.08. The topological polar surface area (TPSA) is 76.7 Å². The normalized spacial score (nSPS) is 17.4. The van der Waals surface area contributed by atoms with Crippen LogP contribution in [0.25, 0.3) is 0 Å². The van der Waals surface area contributed by atoms with Gasteiger partial charge in [-0.1, -0.05) is 12.1 Å². The number of hydrogen-bond acceptors (Lipinski definition) is 5. The van der Waals surface area contributed by atoms with E-state index in [0.717, 1.165) is 5.56 Å². The molecule has 0 radical (unpaired) electrons. The molecule has 0 amide bonds. The zero-order valence-electron chi connectivity index (χ0n) is 12.4. The van der Waals surface area contributed by atoms with Gasteiger partial charge in [0.1, 0.15) is 0 Å². The van der Waals surface area contributed by atoms with E-state index in [2.05, 4.69) is 15.4 Å². The second-order valence-electron chi connectivity index (χ2n) is 4.68. The van der Waals surface area contributed by atoms with Crippen LogP contribution in [0.3, 0.4) is 0 Å². The Kier molecular flexibility index (Phi) is 4.77. The molecule has 0 saturated carbocycles. The third kappa shape index (κ3) is 3.09. The van der Waals surface area contributed by atoms with Crippen molar-refractivity contribution < 1.29 is 19.1 Å². The van der Waals surface area contributed by atoms with Crippen LogP contribution in [0.5, 0.6) is 0 Å². The highest BCUT2D eigenvalue weighted by Gasteiger charge is 2.30. The molecule has 0 aliphatic carbocycles. The lowest BCUT2D eigenvalue weighted by Crippen LogP contribution is -2.45. The number of carbonyl (C=O) groups excluding carboxylic acids is 2. The van der Waals surface area contributed by atoms with Crippen LogP contribution >= 0.6 is 12.2 Å². The van der Waals surface area contributed by atoms with Gasteiger partial charge in [0.25, 0.3) is 0 Å². The predicted octanol–water partition coefficient (Wildman–Crippen LogP) is 1.44. The summed E-state index contributed by atoms with van der Waals surface area (Å²) in [6.45, 7) is 1.76. The third-order valence-corrected chi connectivity index (χ3v) is 3.56. The molecule has 0 spiro atoms. The number of benzene rings is 1. The standard InChI is InChI=1S/C15H16N2O4S/c1-8-11(14(19)21-3)12(17-15(22)16-8)9-4-6-10(7-5-9)13(18)20-2/h4-7,12H,1-3H3,(H2,16,17,22). The molecule has 22 heavy (non-hydrogen) atoms. The maximum Gasteiger partial charge on any atom is 0.337 e. The Morgan fingerprint density at radius 2 is 1.68 bits per heavy atom. The van der Waals surface area contributed by atoms with E-state index in [0.29, 0.717) is 21.9 Å². The first-order chi connectivity index (χ1) is 10.5. The molecule has 1 aromatic rings. The van der Waals surface area contributed by atoms with Crippen LogP contribution in [-0.4, -0.2) is 31.3 Å². The lowest BCUT2D eigenvalue weighted by atomic mass is 9.95. The van der Waals surface area contributed by atoms with Gasteiger partial charge >= 0.3 is 11.9 Å². The first-order valence-corrected chi connectivity index (χ1v) is 6.93. The van der Waals surface area contributed by atoms with Crippen LogP contribution in [0.2, 0.25) is 0 Å². The van der Waals surface area contributed by atoms with Crippen molar-refractivity contribution in [3.05, 3.63) is 46.7 Å². The van der Waals surface area contributed by atoms with Gasteiger partial charge in [-0.15, -0.1) is 0 Å². The fraction of sp³-hybridized carbons (Fsp3) is 0.267. The first kappa shape index (κ1) is 16.0. The first-order valence-electron chi connectivity index (χ1n) is 6.52. The Morgan fingerprint density at radius 1 is 1.09 bits per heavy atom. The van der Waals surface area contributed by atoms with Crippen molar-refractivity contribution in [3.63, 3.8) is 0 Å². The predicted molar refractivity (Wildman–Crippen MR) is 84.1 cm³/mol. The number of nitrogens with one attached hydrogen (secondary N) is 2. The molecule has 1 atom stereocenters. The summed E-state index contributed by atoms with van der Waals surface area (Å²) in [5.74, 6) is -0.859. The van der Waals surface area contributed by atoms with Crippen molar-refractivity contribution in [2.45, 2.75) is 13.0 Å². The molecule has 1 heterocycles. The highest BCUT2D eigenvalue weighted by atomic mass is 32.1. The molecule has 7 heteroatoms. The van der Waals surface area contributed by atoms with Crippen LogP contribution in [0, 0.1) is 0 Å². The van der Waals surface area contributed by atoms with Crippen LogP contribution in [0.4, 0.5) is 0 Å². The van der Waals surface area contributed by atoms with Crippen LogP contribution < -0.4 is 10.6 Å². The zero-order chi connectivity index (χ0) is 16.3. The van der Waals surface area contributed by atoms with E-state index >= 15 is 0 Å². The van der Waals surface area contributed by atoms with E-state index in [-0.39, 0.29) is 0 Å². The van der Waals surface area contributed by atoms with E-state index in [1.54, 1.807) is 31.2 Å². The van der Waals surface area contributed by atoms with Crippen LogP contribution in [0.1, 0.15) is 28.9 Å². The monoisotopic (exact) mass is 320 g/mol. The molecule has 0 fully saturated rings. The van der Waals surface area contributed by atoms with Crippen molar-refractivity contribution in [2.75, 3.05) is 14.2 Å². The summed E-state index contributed by atoms with van der Waals surface area (Å²) in [4.78, 5) is 23.5. The molecule has 116 valence electrons. The summed E-state index contributed by atoms with van der Waals surface area (Å²) in [5.41, 5.74) is 2.30. The minimum absolute atomic E-state index is 0.416. The number of methoxy groups -OCH3 is 2. The smallest absolute Gasteiger partial charge is 0.337 e. The molecule has 0 aromatic heterocycles. The van der Waals surface area contributed by atoms with Gasteiger partial charge in [-0.2, -0.15) is 0 Å². The van der Waals surface area contributed by atoms with Crippen molar-refractivity contribution in [2.24, 2.45) is 0 Å². The van der Waals surface area contributed by atoms with Gasteiger partial charge in [0.05, 0.1) is 31.4 Å².